The van der Waals surface area contributed by atoms with Crippen LogP contribution < -0.4 is 9.64 Å². The highest BCUT2D eigenvalue weighted by Crippen LogP contribution is 2.23. The first-order valence-corrected chi connectivity index (χ1v) is 7.98. The number of aryl methyl sites for hydroxylation is 1. The standard InChI is InChI=1S/C19H21N3O2/c1-4-22(16-7-5-6-14(2)12-16)13-18-20-21-19(24-18)15-8-10-17(23-3)11-9-15/h5-12H,4,13H2,1-3H3. The van der Waals surface area contributed by atoms with Gasteiger partial charge in [-0.15, -0.1) is 10.2 Å². The van der Waals surface area contributed by atoms with Crippen LogP contribution in [0, 0.1) is 6.92 Å². The minimum Gasteiger partial charge on any atom is -0.497 e. The minimum atomic E-state index is 0.521. The molecule has 124 valence electrons. The van der Waals surface area contributed by atoms with E-state index in [0.29, 0.717) is 18.3 Å². The Morgan fingerprint density at radius 2 is 1.88 bits per heavy atom. The van der Waals surface area contributed by atoms with Crippen molar-refractivity contribution in [3.8, 4) is 17.2 Å². The lowest BCUT2D eigenvalue weighted by atomic mass is 10.2. The molecule has 0 saturated heterocycles. The van der Waals surface area contributed by atoms with Gasteiger partial charge in [0.15, 0.2) is 0 Å². The van der Waals surface area contributed by atoms with Gasteiger partial charge in [0, 0.05) is 17.8 Å². The van der Waals surface area contributed by atoms with Crippen LogP contribution in [-0.4, -0.2) is 23.9 Å². The first kappa shape index (κ1) is 16.1. The average Bonchev–Trinajstić information content (AvgIpc) is 3.08. The third kappa shape index (κ3) is 3.56. The van der Waals surface area contributed by atoms with E-state index in [9.17, 15) is 0 Å². The lowest BCUT2D eigenvalue weighted by Crippen LogP contribution is -2.22. The second kappa shape index (κ2) is 7.17. The summed E-state index contributed by atoms with van der Waals surface area (Å²) in [5, 5.41) is 8.34. The Kier molecular flexibility index (Phi) is 4.79. The molecular weight excluding hydrogens is 302 g/mol. The molecule has 0 N–H and O–H groups in total. The molecule has 0 amide bonds. The molecular formula is C19H21N3O2. The maximum absolute atomic E-state index is 5.82. The van der Waals surface area contributed by atoms with Crippen molar-refractivity contribution in [2.75, 3.05) is 18.6 Å². The zero-order chi connectivity index (χ0) is 16.9. The van der Waals surface area contributed by atoms with Gasteiger partial charge in [0.2, 0.25) is 11.8 Å². The van der Waals surface area contributed by atoms with Gasteiger partial charge >= 0.3 is 0 Å². The summed E-state index contributed by atoms with van der Waals surface area (Å²) in [6.07, 6.45) is 0. The van der Waals surface area contributed by atoms with E-state index in [1.54, 1.807) is 7.11 Å². The van der Waals surface area contributed by atoms with E-state index in [2.05, 4.69) is 53.2 Å². The predicted molar refractivity (Wildman–Crippen MR) is 94.2 cm³/mol. The van der Waals surface area contributed by atoms with E-state index in [-0.39, 0.29) is 0 Å². The highest BCUT2D eigenvalue weighted by Gasteiger charge is 2.13. The molecule has 3 rings (SSSR count). The molecule has 0 aliphatic rings. The van der Waals surface area contributed by atoms with Crippen molar-refractivity contribution in [3.63, 3.8) is 0 Å². The van der Waals surface area contributed by atoms with Gasteiger partial charge in [0.1, 0.15) is 5.75 Å². The smallest absolute Gasteiger partial charge is 0.247 e. The summed E-state index contributed by atoms with van der Waals surface area (Å²) < 4.78 is 11.0. The van der Waals surface area contributed by atoms with Crippen molar-refractivity contribution >= 4 is 5.69 Å². The molecule has 2 aromatic carbocycles. The molecule has 3 aromatic rings. The minimum absolute atomic E-state index is 0.521. The third-order valence-corrected chi connectivity index (χ3v) is 3.88. The van der Waals surface area contributed by atoms with Crippen LogP contribution in [0.4, 0.5) is 5.69 Å². The van der Waals surface area contributed by atoms with Crippen molar-refractivity contribution in [1.29, 1.82) is 0 Å². The maximum atomic E-state index is 5.82. The second-order valence-corrected chi connectivity index (χ2v) is 5.58. The van der Waals surface area contributed by atoms with E-state index < -0.39 is 0 Å². The van der Waals surface area contributed by atoms with Crippen molar-refractivity contribution in [2.45, 2.75) is 20.4 Å². The molecule has 1 heterocycles. The summed E-state index contributed by atoms with van der Waals surface area (Å²) in [7, 11) is 1.64. The normalized spacial score (nSPS) is 10.6. The third-order valence-electron chi connectivity index (χ3n) is 3.88. The molecule has 0 atom stereocenters. The number of nitrogens with zero attached hydrogens (tertiary/aromatic N) is 3. The van der Waals surface area contributed by atoms with Crippen molar-refractivity contribution in [1.82, 2.24) is 10.2 Å². The van der Waals surface area contributed by atoms with Gasteiger partial charge in [0.25, 0.3) is 0 Å². The molecule has 0 aliphatic carbocycles. The van der Waals surface area contributed by atoms with Crippen LogP contribution in [0.3, 0.4) is 0 Å². The van der Waals surface area contributed by atoms with Crippen molar-refractivity contribution < 1.29 is 9.15 Å². The molecule has 0 aliphatic heterocycles. The number of hydrogen-bond acceptors (Lipinski definition) is 5. The molecule has 0 fully saturated rings. The summed E-state index contributed by atoms with van der Waals surface area (Å²) in [5.74, 6) is 1.92. The van der Waals surface area contributed by atoms with Gasteiger partial charge in [-0.2, -0.15) is 0 Å². The van der Waals surface area contributed by atoms with Crippen LogP contribution in [0.15, 0.2) is 52.9 Å². The fourth-order valence-electron chi connectivity index (χ4n) is 2.54. The topological polar surface area (TPSA) is 51.4 Å². The number of ether oxygens (including phenoxy) is 1. The number of aromatic nitrogens is 2. The van der Waals surface area contributed by atoms with Crippen LogP contribution in [0.2, 0.25) is 0 Å². The molecule has 0 spiro atoms. The van der Waals surface area contributed by atoms with Gasteiger partial charge in [0.05, 0.1) is 13.7 Å². The summed E-state index contributed by atoms with van der Waals surface area (Å²) in [6.45, 7) is 5.65. The van der Waals surface area contributed by atoms with Crippen LogP contribution in [0.25, 0.3) is 11.5 Å². The van der Waals surface area contributed by atoms with Crippen molar-refractivity contribution in [2.24, 2.45) is 0 Å². The number of rotatable bonds is 6. The fraction of sp³-hybridized carbons (Fsp3) is 0.263. The maximum Gasteiger partial charge on any atom is 0.247 e. The van der Waals surface area contributed by atoms with Gasteiger partial charge in [-0.1, -0.05) is 12.1 Å². The Labute approximate surface area is 141 Å². The quantitative estimate of drug-likeness (QED) is 0.684. The summed E-state index contributed by atoms with van der Waals surface area (Å²) in [4.78, 5) is 2.21. The molecule has 0 saturated carbocycles. The largest absolute Gasteiger partial charge is 0.497 e. The zero-order valence-electron chi connectivity index (χ0n) is 14.2. The Balaban J connectivity index is 1.77. The molecule has 24 heavy (non-hydrogen) atoms. The Morgan fingerprint density at radius 3 is 2.54 bits per heavy atom. The van der Waals surface area contributed by atoms with E-state index in [1.807, 2.05) is 24.3 Å². The second-order valence-electron chi connectivity index (χ2n) is 5.58. The van der Waals surface area contributed by atoms with Crippen LogP contribution in [-0.2, 0) is 6.54 Å². The lowest BCUT2D eigenvalue weighted by molar-refractivity contribution is 0.415. The Bertz CT molecular complexity index is 796. The number of anilines is 1. The van der Waals surface area contributed by atoms with Crippen LogP contribution in [0.1, 0.15) is 18.4 Å². The summed E-state index contributed by atoms with van der Waals surface area (Å²) in [5.41, 5.74) is 3.27. The van der Waals surface area contributed by atoms with Gasteiger partial charge < -0.3 is 14.1 Å². The number of hydrogen-bond donors (Lipinski definition) is 0. The van der Waals surface area contributed by atoms with E-state index in [0.717, 1.165) is 23.5 Å². The fourth-order valence-corrected chi connectivity index (χ4v) is 2.54. The van der Waals surface area contributed by atoms with Gasteiger partial charge in [-0.05, 0) is 55.8 Å². The van der Waals surface area contributed by atoms with E-state index >= 15 is 0 Å². The first-order valence-electron chi connectivity index (χ1n) is 7.98. The molecule has 5 nitrogen and oxygen atoms in total. The Hall–Kier alpha value is -2.82. The Morgan fingerprint density at radius 1 is 1.08 bits per heavy atom. The van der Waals surface area contributed by atoms with Crippen LogP contribution >= 0.6 is 0 Å². The summed E-state index contributed by atoms with van der Waals surface area (Å²) in [6, 6.07) is 16.0. The van der Waals surface area contributed by atoms with E-state index in [4.69, 9.17) is 9.15 Å². The van der Waals surface area contributed by atoms with Crippen molar-refractivity contribution in [3.05, 3.63) is 60.0 Å². The SMILES string of the molecule is CCN(Cc1nnc(-c2ccc(OC)cc2)o1)c1cccc(C)c1. The zero-order valence-corrected chi connectivity index (χ0v) is 14.2. The molecule has 0 bridgehead atoms. The van der Waals surface area contributed by atoms with E-state index in [1.165, 1.54) is 5.56 Å². The average molecular weight is 323 g/mol. The first-order chi connectivity index (χ1) is 11.7. The summed E-state index contributed by atoms with van der Waals surface area (Å²) >= 11 is 0. The number of benzene rings is 2. The highest BCUT2D eigenvalue weighted by molar-refractivity contribution is 5.54. The van der Waals surface area contributed by atoms with Gasteiger partial charge in [-0.25, -0.2) is 0 Å². The molecule has 1 aromatic heterocycles. The van der Waals surface area contributed by atoms with Crippen LogP contribution in [0.5, 0.6) is 5.75 Å². The lowest BCUT2D eigenvalue weighted by Gasteiger charge is -2.21. The molecule has 0 radical (unpaired) electrons. The number of methoxy groups -OCH3 is 1. The highest BCUT2D eigenvalue weighted by atomic mass is 16.5. The predicted octanol–water partition coefficient (Wildman–Crippen LogP) is 4.08. The molecule has 0 unspecified atom stereocenters. The van der Waals surface area contributed by atoms with Gasteiger partial charge in [-0.3, -0.25) is 0 Å². The molecule has 5 heteroatoms. The monoisotopic (exact) mass is 323 g/mol.